The maximum absolute atomic E-state index is 12.4. The van der Waals surface area contributed by atoms with Crippen LogP contribution in [0.15, 0.2) is 23.2 Å². The predicted octanol–water partition coefficient (Wildman–Crippen LogP) is 1.52. The van der Waals surface area contributed by atoms with Gasteiger partial charge in [0.1, 0.15) is 16.7 Å². The molecule has 0 aliphatic carbocycles. The van der Waals surface area contributed by atoms with Crippen molar-refractivity contribution in [1.82, 2.24) is 9.29 Å². The van der Waals surface area contributed by atoms with Crippen molar-refractivity contribution in [3.63, 3.8) is 0 Å². The van der Waals surface area contributed by atoms with E-state index >= 15 is 0 Å². The van der Waals surface area contributed by atoms with E-state index in [0.717, 1.165) is 19.3 Å². The van der Waals surface area contributed by atoms with Gasteiger partial charge in [-0.1, -0.05) is 6.42 Å². The zero-order valence-corrected chi connectivity index (χ0v) is 11.0. The summed E-state index contributed by atoms with van der Waals surface area (Å²) < 4.78 is 26.3. The van der Waals surface area contributed by atoms with E-state index in [1.165, 1.54) is 22.6 Å². The van der Waals surface area contributed by atoms with Crippen molar-refractivity contribution in [2.24, 2.45) is 0 Å². The lowest BCUT2D eigenvalue weighted by Crippen LogP contribution is -2.41. The lowest BCUT2D eigenvalue weighted by Gasteiger charge is -2.32. The average Bonchev–Trinajstić information content (AvgIpc) is 2.39. The van der Waals surface area contributed by atoms with Gasteiger partial charge in [0.25, 0.3) is 0 Å². The number of hydrogen-bond acceptors (Lipinski definition) is 4. The Bertz CT molecular complexity index is 560. The van der Waals surface area contributed by atoms with Crippen molar-refractivity contribution in [1.29, 1.82) is 5.26 Å². The first-order valence-corrected chi connectivity index (χ1v) is 7.37. The molecule has 1 unspecified atom stereocenters. The van der Waals surface area contributed by atoms with Gasteiger partial charge in [-0.15, -0.1) is 0 Å². The predicted molar refractivity (Wildman–Crippen MR) is 66.2 cm³/mol. The summed E-state index contributed by atoms with van der Waals surface area (Å²) in [4.78, 5) is 3.98. The summed E-state index contributed by atoms with van der Waals surface area (Å²) in [5.41, 5.74) is 0.223. The molecule has 1 fully saturated rings. The highest BCUT2D eigenvalue weighted by Crippen LogP contribution is 2.24. The molecule has 1 aliphatic heterocycles. The van der Waals surface area contributed by atoms with Crippen LogP contribution in [0.3, 0.4) is 0 Å². The number of rotatable bonds is 2. The van der Waals surface area contributed by atoms with Crippen molar-refractivity contribution in [3.05, 3.63) is 24.0 Å². The van der Waals surface area contributed by atoms with E-state index in [4.69, 9.17) is 5.26 Å². The van der Waals surface area contributed by atoms with Crippen LogP contribution >= 0.6 is 0 Å². The summed E-state index contributed by atoms with van der Waals surface area (Å²) in [5, 5.41) is 8.65. The monoisotopic (exact) mass is 265 g/mol. The van der Waals surface area contributed by atoms with E-state index in [9.17, 15) is 8.42 Å². The van der Waals surface area contributed by atoms with Crippen molar-refractivity contribution in [2.45, 2.75) is 37.1 Å². The molecule has 1 aromatic rings. The number of nitrogens with zero attached hydrogens (tertiary/aromatic N) is 3. The van der Waals surface area contributed by atoms with Crippen LogP contribution in [-0.2, 0) is 10.0 Å². The molecule has 1 aromatic heterocycles. The van der Waals surface area contributed by atoms with Crippen LogP contribution in [-0.4, -0.2) is 30.3 Å². The molecule has 0 amide bonds. The van der Waals surface area contributed by atoms with E-state index in [2.05, 4.69) is 4.98 Å². The molecule has 0 radical (unpaired) electrons. The third-order valence-electron chi connectivity index (χ3n) is 3.20. The van der Waals surface area contributed by atoms with Gasteiger partial charge in [0.15, 0.2) is 0 Å². The molecule has 6 heteroatoms. The molecule has 0 spiro atoms. The highest BCUT2D eigenvalue weighted by molar-refractivity contribution is 7.89. The van der Waals surface area contributed by atoms with Crippen LogP contribution in [0, 0.1) is 11.3 Å². The van der Waals surface area contributed by atoms with Gasteiger partial charge < -0.3 is 0 Å². The summed E-state index contributed by atoms with van der Waals surface area (Å²) in [5.74, 6) is 0. The first-order chi connectivity index (χ1) is 8.55. The number of hydrogen-bond donors (Lipinski definition) is 0. The molecule has 1 aliphatic rings. The topological polar surface area (TPSA) is 74.1 Å². The first-order valence-electron chi connectivity index (χ1n) is 5.93. The largest absolute Gasteiger partial charge is 0.244 e. The van der Waals surface area contributed by atoms with Crippen LogP contribution in [0.1, 0.15) is 31.9 Å². The molecule has 18 heavy (non-hydrogen) atoms. The minimum absolute atomic E-state index is 0.0272. The van der Waals surface area contributed by atoms with Crippen LogP contribution in [0.4, 0.5) is 0 Å². The number of nitriles is 1. The van der Waals surface area contributed by atoms with E-state index < -0.39 is 10.0 Å². The Kier molecular flexibility index (Phi) is 3.64. The van der Waals surface area contributed by atoms with Crippen LogP contribution < -0.4 is 0 Å². The molecule has 1 saturated heterocycles. The van der Waals surface area contributed by atoms with Crippen LogP contribution in [0.2, 0.25) is 0 Å². The molecule has 0 aromatic carbocycles. The maximum Gasteiger partial charge on any atom is 0.244 e. The lowest BCUT2D eigenvalue weighted by atomic mass is 10.1. The third kappa shape index (κ3) is 2.37. The maximum atomic E-state index is 12.4. The molecule has 96 valence electrons. The fourth-order valence-corrected chi connectivity index (χ4v) is 3.81. The Balaban J connectivity index is 2.32. The minimum atomic E-state index is -3.47. The Hall–Kier alpha value is -1.45. The lowest BCUT2D eigenvalue weighted by molar-refractivity contribution is 0.268. The number of aromatic nitrogens is 1. The molecule has 0 N–H and O–H groups in total. The van der Waals surface area contributed by atoms with E-state index in [0.29, 0.717) is 6.54 Å². The number of pyridine rings is 1. The van der Waals surface area contributed by atoms with Gasteiger partial charge in [-0.2, -0.15) is 9.57 Å². The van der Waals surface area contributed by atoms with E-state index in [1.54, 1.807) is 0 Å². The molecular formula is C12H15N3O2S. The second-order valence-electron chi connectivity index (χ2n) is 4.45. The van der Waals surface area contributed by atoms with Gasteiger partial charge in [-0.25, -0.2) is 13.4 Å². The average molecular weight is 265 g/mol. The van der Waals surface area contributed by atoms with Gasteiger partial charge in [0.2, 0.25) is 10.0 Å². The standard InChI is InChI=1S/C12H15N3O2S/c1-10-4-2-3-7-15(10)18(16,17)12-6-5-11(8-13)14-9-12/h5-6,9-10H,2-4,7H2,1H3. The van der Waals surface area contributed by atoms with Crippen molar-refractivity contribution in [2.75, 3.05) is 6.54 Å². The molecule has 0 saturated carbocycles. The fraction of sp³-hybridized carbons (Fsp3) is 0.500. The summed E-state index contributed by atoms with van der Waals surface area (Å²) in [6.07, 6.45) is 4.12. The number of sulfonamides is 1. The van der Waals surface area contributed by atoms with Gasteiger partial charge in [0.05, 0.1) is 0 Å². The molecule has 2 rings (SSSR count). The number of piperidine rings is 1. The van der Waals surface area contributed by atoms with Crippen LogP contribution in [0.25, 0.3) is 0 Å². The fourth-order valence-electron chi connectivity index (χ4n) is 2.16. The van der Waals surface area contributed by atoms with Crippen molar-refractivity contribution >= 4 is 10.0 Å². The summed E-state index contributed by atoms with van der Waals surface area (Å²) in [6, 6.07) is 4.78. The van der Waals surface area contributed by atoms with E-state index in [1.807, 2.05) is 13.0 Å². The van der Waals surface area contributed by atoms with Gasteiger partial charge >= 0.3 is 0 Å². The quantitative estimate of drug-likeness (QED) is 0.812. The molecule has 5 nitrogen and oxygen atoms in total. The van der Waals surface area contributed by atoms with Crippen LogP contribution in [0.5, 0.6) is 0 Å². The zero-order valence-electron chi connectivity index (χ0n) is 10.2. The molecular weight excluding hydrogens is 250 g/mol. The van der Waals surface area contributed by atoms with Gasteiger partial charge in [-0.05, 0) is 31.9 Å². The Morgan fingerprint density at radius 2 is 2.22 bits per heavy atom. The second kappa shape index (κ2) is 5.04. The minimum Gasteiger partial charge on any atom is -0.244 e. The normalized spacial score (nSPS) is 21.4. The summed E-state index contributed by atoms with van der Waals surface area (Å²) >= 11 is 0. The second-order valence-corrected chi connectivity index (χ2v) is 6.34. The smallest absolute Gasteiger partial charge is 0.244 e. The van der Waals surface area contributed by atoms with Gasteiger partial charge in [0, 0.05) is 18.8 Å². The SMILES string of the molecule is CC1CCCCN1S(=O)(=O)c1ccc(C#N)nc1. The first kappa shape index (κ1) is 13.0. The highest BCUT2D eigenvalue weighted by atomic mass is 32.2. The Morgan fingerprint density at radius 1 is 1.44 bits per heavy atom. The summed E-state index contributed by atoms with van der Waals surface area (Å²) in [6.45, 7) is 2.48. The molecule has 2 heterocycles. The molecule has 0 bridgehead atoms. The Morgan fingerprint density at radius 3 is 2.78 bits per heavy atom. The summed E-state index contributed by atoms with van der Waals surface area (Å²) in [7, 11) is -3.47. The van der Waals surface area contributed by atoms with Gasteiger partial charge in [-0.3, -0.25) is 0 Å². The Labute approximate surface area is 107 Å². The molecule has 1 atom stereocenters. The third-order valence-corrected chi connectivity index (χ3v) is 5.20. The van der Waals surface area contributed by atoms with E-state index in [-0.39, 0.29) is 16.6 Å². The van der Waals surface area contributed by atoms with Crippen molar-refractivity contribution < 1.29 is 8.42 Å². The highest BCUT2D eigenvalue weighted by Gasteiger charge is 2.30. The zero-order chi connectivity index (χ0) is 13.2. The van der Waals surface area contributed by atoms with Crippen molar-refractivity contribution in [3.8, 4) is 6.07 Å².